The van der Waals surface area contributed by atoms with Crippen LogP contribution in [0.15, 0.2) is 0 Å². The first kappa shape index (κ1) is 15.0. The maximum Gasteiger partial charge on any atom is 0.220 e. The van der Waals surface area contributed by atoms with Gasteiger partial charge in [0, 0.05) is 18.5 Å². The van der Waals surface area contributed by atoms with E-state index in [1.54, 1.807) is 0 Å². The zero-order valence-corrected chi connectivity index (χ0v) is 14.4. The van der Waals surface area contributed by atoms with Crippen molar-refractivity contribution in [1.82, 2.24) is 5.32 Å². The van der Waals surface area contributed by atoms with Crippen molar-refractivity contribution in [2.45, 2.75) is 77.8 Å². The van der Waals surface area contributed by atoms with Gasteiger partial charge in [0.2, 0.25) is 5.91 Å². The zero-order chi connectivity index (χ0) is 15.7. The Hall–Kier alpha value is -0.570. The molecule has 8 atom stereocenters. The lowest BCUT2D eigenvalue weighted by Crippen LogP contribution is -2.63. The Balaban J connectivity index is 1.68. The van der Waals surface area contributed by atoms with E-state index in [4.69, 9.17) is 5.73 Å². The lowest BCUT2D eigenvalue weighted by atomic mass is 9.45. The molecule has 0 spiro atoms. The number of rotatable bonds is 0. The Labute approximate surface area is 134 Å². The molecule has 1 aliphatic heterocycles. The van der Waals surface area contributed by atoms with E-state index in [9.17, 15) is 4.79 Å². The molecule has 1 amide bonds. The van der Waals surface area contributed by atoms with E-state index in [0.717, 1.165) is 36.5 Å². The molecule has 124 valence electrons. The molecule has 0 aromatic heterocycles. The average Bonchev–Trinajstić information content (AvgIpc) is 2.77. The summed E-state index contributed by atoms with van der Waals surface area (Å²) in [6.07, 6.45) is 8.15. The molecular weight excluding hydrogens is 272 g/mol. The number of nitrogens with one attached hydrogen (secondary N) is 1. The molecule has 0 bridgehead atoms. The Morgan fingerprint density at radius 2 is 1.82 bits per heavy atom. The second-order valence-corrected chi connectivity index (χ2v) is 9.36. The molecule has 4 rings (SSSR count). The van der Waals surface area contributed by atoms with Crippen LogP contribution in [0.3, 0.4) is 0 Å². The summed E-state index contributed by atoms with van der Waals surface area (Å²) < 4.78 is 0. The molecule has 4 aliphatic rings. The van der Waals surface area contributed by atoms with Crippen molar-refractivity contribution in [1.29, 1.82) is 0 Å². The molecule has 0 aromatic carbocycles. The van der Waals surface area contributed by atoms with Crippen molar-refractivity contribution >= 4 is 5.91 Å². The van der Waals surface area contributed by atoms with Gasteiger partial charge in [0.25, 0.3) is 0 Å². The van der Waals surface area contributed by atoms with Gasteiger partial charge in [-0.15, -0.1) is 0 Å². The minimum atomic E-state index is 0.275. The van der Waals surface area contributed by atoms with Gasteiger partial charge < -0.3 is 11.1 Å². The lowest BCUT2D eigenvalue weighted by molar-refractivity contribution is -0.141. The van der Waals surface area contributed by atoms with Gasteiger partial charge in [0.05, 0.1) is 0 Å². The standard InChI is InChI=1S/C19H32N2O/c1-11-10-15-19(3,9-7-16(22)21-15)13-6-8-18(2)12(17(11)13)4-5-14(18)20/h11-15,17H,4-10,20H2,1-3H3,(H,21,22). The highest BCUT2D eigenvalue weighted by atomic mass is 16.1. The Kier molecular flexibility index (Phi) is 3.21. The Morgan fingerprint density at radius 1 is 1.09 bits per heavy atom. The zero-order valence-electron chi connectivity index (χ0n) is 14.4. The predicted molar refractivity (Wildman–Crippen MR) is 88.1 cm³/mol. The van der Waals surface area contributed by atoms with Crippen LogP contribution < -0.4 is 11.1 Å². The number of fused-ring (bicyclic) bond motifs is 5. The van der Waals surface area contributed by atoms with E-state index in [0.29, 0.717) is 22.9 Å². The molecule has 3 nitrogen and oxygen atoms in total. The second kappa shape index (κ2) is 4.72. The number of carbonyl (C=O) groups is 1. The highest BCUT2D eigenvalue weighted by molar-refractivity contribution is 5.77. The summed E-state index contributed by atoms with van der Waals surface area (Å²) in [6, 6.07) is 0.812. The summed E-state index contributed by atoms with van der Waals surface area (Å²) in [5, 5.41) is 3.34. The first-order chi connectivity index (χ1) is 10.4. The fourth-order valence-electron chi connectivity index (χ4n) is 7.09. The molecule has 22 heavy (non-hydrogen) atoms. The van der Waals surface area contributed by atoms with Crippen LogP contribution in [0.2, 0.25) is 0 Å². The number of hydrogen-bond donors (Lipinski definition) is 2. The first-order valence-corrected chi connectivity index (χ1v) is 9.41. The normalized spacial score (nSPS) is 57.5. The minimum absolute atomic E-state index is 0.275. The van der Waals surface area contributed by atoms with Gasteiger partial charge in [0.15, 0.2) is 0 Å². The van der Waals surface area contributed by atoms with Crippen LogP contribution in [-0.2, 0) is 4.79 Å². The van der Waals surface area contributed by atoms with Crippen molar-refractivity contribution in [3.63, 3.8) is 0 Å². The molecule has 3 saturated carbocycles. The maximum atomic E-state index is 11.9. The van der Waals surface area contributed by atoms with Gasteiger partial charge in [0.1, 0.15) is 0 Å². The Bertz CT molecular complexity index is 492. The van der Waals surface area contributed by atoms with Gasteiger partial charge in [-0.25, -0.2) is 0 Å². The molecule has 0 radical (unpaired) electrons. The van der Waals surface area contributed by atoms with Crippen molar-refractivity contribution in [3.05, 3.63) is 0 Å². The van der Waals surface area contributed by atoms with Crippen molar-refractivity contribution in [2.24, 2.45) is 40.2 Å². The van der Waals surface area contributed by atoms with Crippen LogP contribution in [0.1, 0.15) is 65.7 Å². The second-order valence-electron chi connectivity index (χ2n) is 9.36. The Morgan fingerprint density at radius 3 is 2.59 bits per heavy atom. The van der Waals surface area contributed by atoms with E-state index >= 15 is 0 Å². The largest absolute Gasteiger partial charge is 0.353 e. The smallest absolute Gasteiger partial charge is 0.220 e. The third-order valence-corrected chi connectivity index (χ3v) is 8.54. The summed E-state index contributed by atoms with van der Waals surface area (Å²) in [6.45, 7) is 7.38. The molecule has 0 aromatic rings. The monoisotopic (exact) mass is 304 g/mol. The van der Waals surface area contributed by atoms with E-state index in [2.05, 4.69) is 26.1 Å². The molecule has 1 saturated heterocycles. The molecule has 4 fully saturated rings. The number of amides is 1. The van der Waals surface area contributed by atoms with E-state index in [-0.39, 0.29) is 5.91 Å². The van der Waals surface area contributed by atoms with Crippen LogP contribution in [0.5, 0.6) is 0 Å². The SMILES string of the molecule is CC1CC2NC(=O)CCC2(C)C2CCC3(C)C(N)CCC3C12. The van der Waals surface area contributed by atoms with Crippen LogP contribution in [0.4, 0.5) is 0 Å². The fourth-order valence-corrected chi connectivity index (χ4v) is 7.09. The molecule has 8 unspecified atom stereocenters. The average molecular weight is 304 g/mol. The summed E-state index contributed by atoms with van der Waals surface area (Å²) >= 11 is 0. The molecule has 3 aliphatic carbocycles. The molecule has 1 heterocycles. The quantitative estimate of drug-likeness (QED) is 0.722. The third-order valence-electron chi connectivity index (χ3n) is 8.54. The number of hydrogen-bond acceptors (Lipinski definition) is 2. The van der Waals surface area contributed by atoms with E-state index in [1.807, 2.05) is 0 Å². The van der Waals surface area contributed by atoms with Crippen LogP contribution >= 0.6 is 0 Å². The van der Waals surface area contributed by atoms with Crippen LogP contribution in [-0.4, -0.2) is 18.0 Å². The summed E-state index contributed by atoms with van der Waals surface area (Å²) in [4.78, 5) is 11.9. The number of piperidine rings is 1. The molecule has 3 N–H and O–H groups in total. The molecular formula is C19H32N2O. The highest BCUT2D eigenvalue weighted by Crippen LogP contribution is 2.64. The summed E-state index contributed by atoms with van der Waals surface area (Å²) in [7, 11) is 0. The van der Waals surface area contributed by atoms with Gasteiger partial charge in [-0.1, -0.05) is 20.8 Å². The van der Waals surface area contributed by atoms with E-state index in [1.165, 1.54) is 32.1 Å². The summed E-state index contributed by atoms with van der Waals surface area (Å²) in [5.41, 5.74) is 7.21. The number of nitrogens with two attached hydrogens (primary N) is 1. The van der Waals surface area contributed by atoms with Gasteiger partial charge >= 0.3 is 0 Å². The van der Waals surface area contributed by atoms with E-state index < -0.39 is 0 Å². The van der Waals surface area contributed by atoms with Crippen molar-refractivity contribution in [3.8, 4) is 0 Å². The molecule has 3 heteroatoms. The third kappa shape index (κ3) is 1.81. The summed E-state index contributed by atoms with van der Waals surface area (Å²) in [5.74, 6) is 3.41. The lowest BCUT2D eigenvalue weighted by Gasteiger charge is -2.62. The first-order valence-electron chi connectivity index (χ1n) is 9.41. The van der Waals surface area contributed by atoms with Crippen molar-refractivity contribution in [2.75, 3.05) is 0 Å². The van der Waals surface area contributed by atoms with Crippen LogP contribution in [0, 0.1) is 34.5 Å². The van der Waals surface area contributed by atoms with Crippen LogP contribution in [0.25, 0.3) is 0 Å². The number of carbonyl (C=O) groups excluding carboxylic acids is 1. The minimum Gasteiger partial charge on any atom is -0.353 e. The van der Waals surface area contributed by atoms with Gasteiger partial charge in [-0.05, 0) is 73.0 Å². The van der Waals surface area contributed by atoms with Crippen molar-refractivity contribution < 1.29 is 4.79 Å². The van der Waals surface area contributed by atoms with Gasteiger partial charge in [-0.3, -0.25) is 4.79 Å². The highest BCUT2D eigenvalue weighted by Gasteiger charge is 2.61. The predicted octanol–water partition coefficient (Wildman–Crippen LogP) is 3.08. The maximum absolute atomic E-state index is 11.9. The fraction of sp³-hybridized carbons (Fsp3) is 0.947. The van der Waals surface area contributed by atoms with Gasteiger partial charge in [-0.2, -0.15) is 0 Å². The topological polar surface area (TPSA) is 55.1 Å².